The molecule has 1 unspecified atom stereocenters. The van der Waals surface area contributed by atoms with Gasteiger partial charge in [0.15, 0.2) is 0 Å². The van der Waals surface area contributed by atoms with Crippen LogP contribution in [0, 0.1) is 5.82 Å². The first-order valence-electron chi connectivity index (χ1n) is 5.90. The number of anilines is 1. The van der Waals surface area contributed by atoms with Crippen LogP contribution in [0.3, 0.4) is 0 Å². The smallest absolute Gasteiger partial charge is 0.255 e. The molecule has 2 aromatic heterocycles. The average molecular weight is 314 g/mol. The Hall–Kier alpha value is -1.66. The maximum Gasteiger partial charge on any atom is 0.255 e. The molecule has 2 aromatic rings. The normalized spacial score (nSPS) is 12.0. The van der Waals surface area contributed by atoms with Gasteiger partial charge in [-0.25, -0.2) is 9.37 Å². The van der Waals surface area contributed by atoms with E-state index < -0.39 is 11.7 Å². The summed E-state index contributed by atoms with van der Waals surface area (Å²) >= 11 is 7.25. The number of thiophene rings is 1. The van der Waals surface area contributed by atoms with Crippen LogP contribution in [-0.2, 0) is 0 Å². The summed E-state index contributed by atoms with van der Waals surface area (Å²) in [5.41, 5.74) is 0.169. The van der Waals surface area contributed by atoms with Crippen LogP contribution in [0.5, 0.6) is 0 Å². The van der Waals surface area contributed by atoms with Gasteiger partial charge in [-0.15, -0.1) is 11.3 Å². The highest BCUT2D eigenvalue weighted by Crippen LogP contribution is 2.27. The Morgan fingerprint density at radius 3 is 2.85 bits per heavy atom. The molecule has 0 saturated carbocycles. The molecule has 0 fully saturated rings. The first-order chi connectivity index (χ1) is 9.51. The van der Waals surface area contributed by atoms with Gasteiger partial charge in [0, 0.05) is 11.9 Å². The Kier molecular flexibility index (Phi) is 4.57. The Morgan fingerprint density at radius 2 is 2.25 bits per heavy atom. The number of rotatable bonds is 4. The molecule has 0 aromatic carbocycles. The highest BCUT2D eigenvalue weighted by atomic mass is 35.5. The van der Waals surface area contributed by atoms with E-state index in [1.165, 1.54) is 11.3 Å². The number of hydrogen-bond acceptors (Lipinski definition) is 4. The third-order valence-corrected chi connectivity index (χ3v) is 4.12. The van der Waals surface area contributed by atoms with Crippen LogP contribution < -0.4 is 10.6 Å². The summed E-state index contributed by atoms with van der Waals surface area (Å²) in [5, 5.41) is 5.56. The van der Waals surface area contributed by atoms with E-state index in [1.807, 2.05) is 13.0 Å². The topological polar surface area (TPSA) is 54.0 Å². The predicted octanol–water partition coefficient (Wildman–Crippen LogP) is 3.47. The Balaban J connectivity index is 2.18. The van der Waals surface area contributed by atoms with Crippen LogP contribution in [0.25, 0.3) is 0 Å². The van der Waals surface area contributed by atoms with Crippen molar-refractivity contribution in [1.29, 1.82) is 0 Å². The Labute approximate surface area is 125 Å². The fourth-order valence-corrected chi connectivity index (χ4v) is 2.78. The van der Waals surface area contributed by atoms with Gasteiger partial charge in [-0.3, -0.25) is 4.79 Å². The summed E-state index contributed by atoms with van der Waals surface area (Å²) in [4.78, 5) is 16.9. The van der Waals surface area contributed by atoms with Crippen molar-refractivity contribution in [2.24, 2.45) is 0 Å². The summed E-state index contributed by atoms with van der Waals surface area (Å²) < 4.78 is 13.9. The lowest BCUT2D eigenvalue weighted by atomic mass is 10.2. The molecule has 0 aliphatic rings. The molecule has 4 nitrogen and oxygen atoms in total. The molecule has 106 valence electrons. The minimum atomic E-state index is -0.555. The summed E-state index contributed by atoms with van der Waals surface area (Å²) in [5.74, 6) is -0.611. The van der Waals surface area contributed by atoms with E-state index in [4.69, 9.17) is 11.6 Å². The molecule has 0 spiro atoms. The number of carbonyl (C=O) groups is 1. The summed E-state index contributed by atoms with van der Waals surface area (Å²) in [6.45, 7) is 1.84. The van der Waals surface area contributed by atoms with Gasteiger partial charge in [-0.05, 0) is 25.1 Å². The molecule has 0 saturated heterocycles. The van der Waals surface area contributed by atoms with Crippen LogP contribution in [0.4, 0.5) is 10.2 Å². The van der Waals surface area contributed by atoms with E-state index in [2.05, 4.69) is 15.6 Å². The maximum atomic E-state index is 13.2. The number of halogens is 2. The number of nitrogens with one attached hydrogen (secondary N) is 2. The number of amides is 1. The van der Waals surface area contributed by atoms with E-state index in [1.54, 1.807) is 13.1 Å². The molecular formula is C13H13ClFN3OS. The third-order valence-electron chi connectivity index (χ3n) is 2.70. The zero-order valence-electron chi connectivity index (χ0n) is 10.9. The monoisotopic (exact) mass is 313 g/mol. The van der Waals surface area contributed by atoms with Gasteiger partial charge in [-0.2, -0.15) is 0 Å². The van der Waals surface area contributed by atoms with Crippen molar-refractivity contribution in [3.8, 4) is 0 Å². The van der Waals surface area contributed by atoms with Crippen molar-refractivity contribution in [3.05, 3.63) is 45.0 Å². The lowest BCUT2D eigenvalue weighted by Crippen LogP contribution is -2.27. The van der Waals surface area contributed by atoms with Gasteiger partial charge >= 0.3 is 0 Å². The van der Waals surface area contributed by atoms with E-state index in [9.17, 15) is 9.18 Å². The molecule has 1 amide bonds. The molecule has 20 heavy (non-hydrogen) atoms. The van der Waals surface area contributed by atoms with E-state index in [0.29, 0.717) is 10.2 Å². The van der Waals surface area contributed by atoms with Gasteiger partial charge in [0.05, 0.1) is 22.1 Å². The number of pyridine rings is 1. The second-order valence-corrected chi connectivity index (χ2v) is 5.88. The van der Waals surface area contributed by atoms with Gasteiger partial charge in [0.2, 0.25) is 0 Å². The molecule has 2 rings (SSSR count). The zero-order valence-corrected chi connectivity index (χ0v) is 12.5. The molecule has 2 N–H and O–H groups in total. The Bertz CT molecular complexity index is 632. The highest BCUT2D eigenvalue weighted by molar-refractivity contribution is 7.16. The molecule has 1 atom stereocenters. The van der Waals surface area contributed by atoms with Gasteiger partial charge < -0.3 is 10.6 Å². The number of nitrogens with zero attached hydrogens (tertiary/aromatic N) is 1. The van der Waals surface area contributed by atoms with E-state index >= 15 is 0 Å². The third kappa shape index (κ3) is 3.26. The number of hydrogen-bond donors (Lipinski definition) is 2. The van der Waals surface area contributed by atoms with Gasteiger partial charge in [0.1, 0.15) is 11.6 Å². The van der Waals surface area contributed by atoms with Crippen LogP contribution in [0.2, 0.25) is 4.34 Å². The van der Waals surface area contributed by atoms with Crippen LogP contribution in [-0.4, -0.2) is 17.9 Å². The van der Waals surface area contributed by atoms with Crippen LogP contribution in [0.15, 0.2) is 24.4 Å². The Morgan fingerprint density at radius 1 is 1.50 bits per heavy atom. The standard InChI is InChI=1S/C13H13ClFN3OS/c1-7(10-3-4-11(14)20-10)18-13(19)9-5-8(15)6-17-12(9)16-2/h3-7H,1-2H3,(H,16,17)(H,18,19). The van der Waals surface area contributed by atoms with Crippen LogP contribution in [0.1, 0.15) is 28.2 Å². The SMILES string of the molecule is CNc1ncc(F)cc1C(=O)NC(C)c1ccc(Cl)s1. The van der Waals surface area contributed by atoms with Crippen molar-refractivity contribution in [2.45, 2.75) is 13.0 Å². The summed E-state index contributed by atoms with van der Waals surface area (Å²) in [6.07, 6.45) is 1.06. The summed E-state index contributed by atoms with van der Waals surface area (Å²) in [6, 6.07) is 4.56. The summed E-state index contributed by atoms with van der Waals surface area (Å²) in [7, 11) is 1.62. The molecule has 0 aliphatic carbocycles. The molecule has 0 bridgehead atoms. The fourth-order valence-electron chi connectivity index (χ4n) is 1.72. The number of aromatic nitrogens is 1. The number of carbonyl (C=O) groups excluding carboxylic acids is 1. The second kappa shape index (κ2) is 6.19. The maximum absolute atomic E-state index is 13.2. The zero-order chi connectivity index (χ0) is 14.7. The molecule has 0 radical (unpaired) electrons. The molecule has 2 heterocycles. The highest BCUT2D eigenvalue weighted by Gasteiger charge is 2.17. The second-order valence-electron chi connectivity index (χ2n) is 4.14. The van der Waals surface area contributed by atoms with Crippen molar-refractivity contribution in [1.82, 2.24) is 10.3 Å². The molecule has 0 aliphatic heterocycles. The van der Waals surface area contributed by atoms with Crippen molar-refractivity contribution in [2.75, 3.05) is 12.4 Å². The minimum Gasteiger partial charge on any atom is -0.372 e. The van der Waals surface area contributed by atoms with Gasteiger partial charge in [-0.1, -0.05) is 11.6 Å². The first-order valence-corrected chi connectivity index (χ1v) is 7.10. The molecular weight excluding hydrogens is 301 g/mol. The lowest BCUT2D eigenvalue weighted by Gasteiger charge is -2.14. The van der Waals surface area contributed by atoms with Crippen molar-refractivity contribution in [3.63, 3.8) is 0 Å². The van der Waals surface area contributed by atoms with Crippen LogP contribution >= 0.6 is 22.9 Å². The van der Waals surface area contributed by atoms with Crippen molar-refractivity contribution >= 4 is 34.7 Å². The quantitative estimate of drug-likeness (QED) is 0.908. The van der Waals surface area contributed by atoms with E-state index in [0.717, 1.165) is 17.1 Å². The largest absolute Gasteiger partial charge is 0.372 e. The van der Waals surface area contributed by atoms with Crippen molar-refractivity contribution < 1.29 is 9.18 Å². The lowest BCUT2D eigenvalue weighted by molar-refractivity contribution is 0.0940. The molecule has 7 heteroatoms. The minimum absolute atomic E-state index is 0.169. The predicted molar refractivity (Wildman–Crippen MR) is 79.0 cm³/mol. The van der Waals surface area contributed by atoms with Gasteiger partial charge in [0.25, 0.3) is 5.91 Å². The van der Waals surface area contributed by atoms with E-state index in [-0.39, 0.29) is 11.6 Å². The fraction of sp³-hybridized carbons (Fsp3) is 0.231. The average Bonchev–Trinajstić information content (AvgIpc) is 2.85. The first kappa shape index (κ1) is 14.7.